The van der Waals surface area contributed by atoms with Crippen LogP contribution in [-0.4, -0.2) is 40.2 Å². The fourth-order valence-corrected chi connectivity index (χ4v) is 3.38. The molecule has 5 nitrogen and oxygen atoms in total. The Morgan fingerprint density at radius 3 is 2.53 bits per heavy atom. The first-order chi connectivity index (χ1) is 8.14. The lowest BCUT2D eigenvalue weighted by Crippen LogP contribution is -2.59. The van der Waals surface area contributed by atoms with E-state index in [1.165, 1.54) is 0 Å². The number of rotatable bonds is 3. The number of amides is 1. The van der Waals surface area contributed by atoms with Crippen LogP contribution in [0.25, 0.3) is 0 Å². The van der Waals surface area contributed by atoms with Gasteiger partial charge >= 0.3 is 5.97 Å². The van der Waals surface area contributed by atoms with Gasteiger partial charge in [0.05, 0.1) is 6.04 Å². The van der Waals surface area contributed by atoms with Gasteiger partial charge in [-0.15, -0.1) is 11.8 Å². The van der Waals surface area contributed by atoms with Crippen molar-refractivity contribution in [2.24, 2.45) is 0 Å². The van der Waals surface area contributed by atoms with E-state index in [0.717, 1.165) is 30.9 Å². The van der Waals surface area contributed by atoms with E-state index in [-0.39, 0.29) is 11.9 Å². The summed E-state index contributed by atoms with van der Waals surface area (Å²) in [5.41, 5.74) is -1.02. The van der Waals surface area contributed by atoms with Gasteiger partial charge in [0, 0.05) is 11.6 Å². The number of nitrogens with one attached hydrogen (secondary N) is 2. The molecule has 1 aliphatic heterocycles. The summed E-state index contributed by atoms with van der Waals surface area (Å²) in [6.07, 6.45) is 3.91. The number of thioether (sulfide) groups is 1. The van der Waals surface area contributed by atoms with Gasteiger partial charge in [0.25, 0.3) is 0 Å². The average molecular weight is 258 g/mol. The third-order valence-corrected chi connectivity index (χ3v) is 4.45. The van der Waals surface area contributed by atoms with Gasteiger partial charge in [0.15, 0.2) is 0 Å². The molecule has 3 N–H and O–H groups in total. The first-order valence-corrected chi connectivity index (χ1v) is 7.16. The molecule has 0 spiro atoms. The predicted molar refractivity (Wildman–Crippen MR) is 65.8 cm³/mol. The molecule has 1 atom stereocenters. The van der Waals surface area contributed by atoms with Crippen LogP contribution in [0.1, 0.15) is 32.1 Å². The van der Waals surface area contributed by atoms with E-state index in [1.54, 1.807) is 11.8 Å². The van der Waals surface area contributed by atoms with Gasteiger partial charge in [-0.2, -0.15) is 0 Å². The van der Waals surface area contributed by atoms with Gasteiger partial charge in [-0.25, -0.2) is 4.79 Å². The number of aliphatic carboxylic acids is 1. The maximum atomic E-state index is 12.0. The van der Waals surface area contributed by atoms with E-state index in [9.17, 15) is 14.7 Å². The van der Waals surface area contributed by atoms with Crippen LogP contribution in [0.2, 0.25) is 0 Å². The normalized spacial score (nSPS) is 27.6. The zero-order valence-corrected chi connectivity index (χ0v) is 10.5. The molecule has 1 saturated carbocycles. The zero-order chi connectivity index (χ0) is 12.3. The van der Waals surface area contributed by atoms with Gasteiger partial charge < -0.3 is 10.4 Å². The Hall–Kier alpha value is -0.750. The lowest BCUT2D eigenvalue weighted by molar-refractivity contribution is -0.149. The van der Waals surface area contributed by atoms with Gasteiger partial charge in [-0.1, -0.05) is 19.3 Å². The smallest absolute Gasteiger partial charge is 0.329 e. The molecule has 6 heteroatoms. The van der Waals surface area contributed by atoms with Crippen LogP contribution in [-0.2, 0) is 9.59 Å². The molecule has 1 saturated heterocycles. The SMILES string of the molecule is O=C(NC1(C(=O)O)CCCCC1)C1CSCN1. The third kappa shape index (κ3) is 2.74. The Kier molecular flexibility index (Phi) is 3.93. The highest BCUT2D eigenvalue weighted by atomic mass is 32.2. The minimum atomic E-state index is -1.02. The van der Waals surface area contributed by atoms with Crippen molar-refractivity contribution in [3.63, 3.8) is 0 Å². The number of carbonyl (C=O) groups excluding carboxylic acids is 1. The number of hydrogen-bond donors (Lipinski definition) is 3. The topological polar surface area (TPSA) is 78.4 Å². The molecule has 0 radical (unpaired) electrons. The van der Waals surface area contributed by atoms with Crippen molar-refractivity contribution in [3.05, 3.63) is 0 Å². The fraction of sp³-hybridized carbons (Fsp3) is 0.818. The van der Waals surface area contributed by atoms with Crippen molar-refractivity contribution in [3.8, 4) is 0 Å². The van der Waals surface area contributed by atoms with E-state index in [1.807, 2.05) is 0 Å². The second-order valence-corrected chi connectivity index (χ2v) is 5.74. The molecule has 2 rings (SSSR count). The summed E-state index contributed by atoms with van der Waals surface area (Å²) in [6, 6.07) is -0.238. The van der Waals surface area contributed by atoms with Gasteiger partial charge in [0.1, 0.15) is 5.54 Å². The molecule has 1 amide bonds. The highest BCUT2D eigenvalue weighted by Gasteiger charge is 2.42. The molecule has 1 unspecified atom stereocenters. The van der Waals surface area contributed by atoms with E-state index < -0.39 is 11.5 Å². The largest absolute Gasteiger partial charge is 0.480 e. The van der Waals surface area contributed by atoms with Crippen molar-refractivity contribution < 1.29 is 14.7 Å². The van der Waals surface area contributed by atoms with E-state index in [4.69, 9.17) is 0 Å². The first kappa shape index (κ1) is 12.7. The van der Waals surface area contributed by atoms with Crippen molar-refractivity contribution in [2.75, 3.05) is 11.6 Å². The minimum Gasteiger partial charge on any atom is -0.480 e. The minimum absolute atomic E-state index is 0.167. The monoisotopic (exact) mass is 258 g/mol. The lowest BCUT2D eigenvalue weighted by Gasteiger charge is -2.34. The standard InChI is InChI=1S/C11H18N2O3S/c14-9(8-6-17-7-12-8)13-11(10(15)16)4-2-1-3-5-11/h8,12H,1-7H2,(H,13,14)(H,15,16). The molecule has 2 aliphatic rings. The third-order valence-electron chi connectivity index (χ3n) is 3.51. The summed E-state index contributed by atoms with van der Waals surface area (Å²) in [7, 11) is 0. The molecular weight excluding hydrogens is 240 g/mol. The van der Waals surface area contributed by atoms with Gasteiger partial charge in [-0.3, -0.25) is 10.1 Å². The summed E-state index contributed by atoms with van der Waals surface area (Å²) in [4.78, 5) is 23.4. The van der Waals surface area contributed by atoms with Gasteiger partial charge in [-0.05, 0) is 12.8 Å². The Morgan fingerprint density at radius 1 is 1.29 bits per heavy atom. The highest BCUT2D eigenvalue weighted by molar-refractivity contribution is 7.99. The number of carbonyl (C=O) groups is 2. The average Bonchev–Trinajstić information content (AvgIpc) is 2.83. The molecule has 1 aliphatic carbocycles. The summed E-state index contributed by atoms with van der Waals surface area (Å²) >= 11 is 1.66. The van der Waals surface area contributed by atoms with Gasteiger partial charge in [0.2, 0.25) is 5.91 Å². The van der Waals surface area contributed by atoms with Crippen LogP contribution in [0.3, 0.4) is 0 Å². The molecular formula is C11H18N2O3S. The quantitative estimate of drug-likeness (QED) is 0.689. The number of hydrogen-bond acceptors (Lipinski definition) is 4. The zero-order valence-electron chi connectivity index (χ0n) is 9.70. The van der Waals surface area contributed by atoms with Crippen LogP contribution in [0.5, 0.6) is 0 Å². The first-order valence-electron chi connectivity index (χ1n) is 6.01. The Bertz CT molecular complexity index is 310. The summed E-state index contributed by atoms with van der Waals surface area (Å²) in [5.74, 6) is 0.426. The Labute approximate surface area is 105 Å². The van der Waals surface area contributed by atoms with Crippen LogP contribution in [0, 0.1) is 0 Å². The number of carboxylic acid groups (broad SMARTS) is 1. The molecule has 17 heavy (non-hydrogen) atoms. The van der Waals surface area contributed by atoms with Crippen LogP contribution >= 0.6 is 11.8 Å². The summed E-state index contributed by atoms with van der Waals surface area (Å²) in [5, 5.41) is 15.2. The Balaban J connectivity index is 2.01. The molecule has 0 aromatic rings. The fourth-order valence-electron chi connectivity index (χ4n) is 2.43. The van der Waals surface area contributed by atoms with Crippen LogP contribution < -0.4 is 10.6 Å². The van der Waals surface area contributed by atoms with E-state index in [0.29, 0.717) is 12.8 Å². The van der Waals surface area contributed by atoms with Crippen molar-refractivity contribution in [2.45, 2.75) is 43.7 Å². The summed E-state index contributed by atoms with van der Waals surface area (Å²) in [6.45, 7) is 0. The van der Waals surface area contributed by atoms with Crippen LogP contribution in [0.15, 0.2) is 0 Å². The van der Waals surface area contributed by atoms with E-state index in [2.05, 4.69) is 10.6 Å². The number of carboxylic acids is 1. The van der Waals surface area contributed by atoms with Crippen LogP contribution in [0.4, 0.5) is 0 Å². The second-order valence-electron chi connectivity index (χ2n) is 4.71. The van der Waals surface area contributed by atoms with Crippen molar-refractivity contribution >= 4 is 23.6 Å². The summed E-state index contributed by atoms with van der Waals surface area (Å²) < 4.78 is 0. The maximum Gasteiger partial charge on any atom is 0.329 e. The highest BCUT2D eigenvalue weighted by Crippen LogP contribution is 2.28. The Morgan fingerprint density at radius 2 is 2.00 bits per heavy atom. The molecule has 0 aromatic carbocycles. The predicted octanol–water partition coefficient (Wildman–Crippen LogP) is 0.553. The van der Waals surface area contributed by atoms with Crippen molar-refractivity contribution in [1.82, 2.24) is 10.6 Å². The molecule has 1 heterocycles. The second kappa shape index (κ2) is 5.27. The molecule has 0 aromatic heterocycles. The van der Waals surface area contributed by atoms with Crippen molar-refractivity contribution in [1.29, 1.82) is 0 Å². The molecule has 96 valence electrons. The maximum absolute atomic E-state index is 12.0. The molecule has 0 bridgehead atoms. The lowest BCUT2D eigenvalue weighted by atomic mass is 9.81. The van der Waals surface area contributed by atoms with E-state index >= 15 is 0 Å². The molecule has 2 fully saturated rings.